The van der Waals surface area contributed by atoms with E-state index >= 15 is 0 Å². The fourth-order valence-corrected chi connectivity index (χ4v) is 4.05. The summed E-state index contributed by atoms with van der Waals surface area (Å²) in [4.78, 5) is 0. The Bertz CT molecular complexity index is 89.6. The monoisotopic (exact) mass is 162 g/mol. The standard InChI is InChI=1S/C7H15ClSi/c1-9(2,8)7-5-3-4-6-7/h7H,3-6H2,1-2H3. The summed E-state index contributed by atoms with van der Waals surface area (Å²) < 4.78 is 0. The van der Waals surface area contributed by atoms with E-state index in [1.165, 1.54) is 25.7 Å². The Kier molecular flexibility index (Phi) is 2.22. The average molecular weight is 163 g/mol. The summed E-state index contributed by atoms with van der Waals surface area (Å²) >= 11 is 6.28. The first-order chi connectivity index (χ1) is 4.11. The average Bonchev–Trinajstić information content (AvgIpc) is 2.08. The van der Waals surface area contributed by atoms with E-state index in [0.29, 0.717) is 0 Å². The first-order valence-corrected chi connectivity index (χ1v) is 7.88. The summed E-state index contributed by atoms with van der Waals surface area (Å²) in [6, 6.07) is 0. The lowest BCUT2D eigenvalue weighted by Gasteiger charge is -2.20. The molecule has 0 amide bonds. The van der Waals surface area contributed by atoms with E-state index in [2.05, 4.69) is 13.1 Å². The molecule has 1 fully saturated rings. The highest BCUT2D eigenvalue weighted by molar-refractivity contribution is 7.19. The molecule has 1 saturated carbocycles. The van der Waals surface area contributed by atoms with Crippen LogP contribution in [0.2, 0.25) is 18.6 Å². The lowest BCUT2D eigenvalue weighted by Crippen LogP contribution is -2.22. The van der Waals surface area contributed by atoms with Gasteiger partial charge >= 0.3 is 0 Å². The Labute approximate surface area is 63.3 Å². The summed E-state index contributed by atoms with van der Waals surface area (Å²) in [6.45, 7) is 4.54. The molecule has 1 aliphatic carbocycles. The molecular formula is C7H15ClSi. The highest BCUT2D eigenvalue weighted by Gasteiger charge is 2.31. The molecule has 54 valence electrons. The van der Waals surface area contributed by atoms with Gasteiger partial charge in [-0.15, -0.1) is 0 Å². The second kappa shape index (κ2) is 2.63. The van der Waals surface area contributed by atoms with Gasteiger partial charge in [0, 0.05) is 0 Å². The number of hydrogen-bond acceptors (Lipinski definition) is 0. The van der Waals surface area contributed by atoms with Gasteiger partial charge in [-0.2, -0.15) is 11.1 Å². The van der Waals surface area contributed by atoms with Crippen molar-refractivity contribution in [3.05, 3.63) is 0 Å². The normalized spacial score (nSPS) is 23.0. The molecule has 1 aliphatic rings. The van der Waals surface area contributed by atoms with Crippen LogP contribution in [0.25, 0.3) is 0 Å². The van der Waals surface area contributed by atoms with Gasteiger partial charge in [-0.25, -0.2) is 0 Å². The van der Waals surface area contributed by atoms with Crippen LogP contribution in [0.3, 0.4) is 0 Å². The van der Waals surface area contributed by atoms with Crippen LogP contribution in [0.15, 0.2) is 0 Å². The van der Waals surface area contributed by atoms with Gasteiger partial charge in [0.1, 0.15) is 0 Å². The van der Waals surface area contributed by atoms with Crippen LogP contribution >= 0.6 is 11.1 Å². The molecular weight excluding hydrogens is 148 g/mol. The summed E-state index contributed by atoms with van der Waals surface area (Å²) in [5.74, 6) is 0. The molecule has 0 N–H and O–H groups in total. The Morgan fingerprint density at radius 2 is 1.67 bits per heavy atom. The van der Waals surface area contributed by atoms with Crippen molar-refractivity contribution in [2.45, 2.75) is 44.3 Å². The first kappa shape index (κ1) is 7.61. The summed E-state index contributed by atoms with van der Waals surface area (Å²) in [5, 5.41) is 0. The Hall–Kier alpha value is 0.507. The number of halogens is 1. The van der Waals surface area contributed by atoms with Crippen LogP contribution in [0.5, 0.6) is 0 Å². The molecule has 0 saturated heterocycles. The zero-order chi connectivity index (χ0) is 6.91. The number of rotatable bonds is 1. The zero-order valence-corrected chi connectivity index (χ0v) is 8.04. The predicted molar refractivity (Wildman–Crippen MR) is 45.6 cm³/mol. The van der Waals surface area contributed by atoms with Gasteiger partial charge in [-0.05, 0) is 5.54 Å². The smallest absolute Gasteiger partial charge is 0.153 e. The van der Waals surface area contributed by atoms with Gasteiger partial charge in [0.05, 0.1) is 0 Å². The molecule has 0 radical (unpaired) electrons. The van der Waals surface area contributed by atoms with E-state index in [-0.39, 0.29) is 0 Å². The third-order valence-electron chi connectivity index (χ3n) is 2.33. The van der Waals surface area contributed by atoms with Gasteiger partial charge in [-0.1, -0.05) is 38.8 Å². The van der Waals surface area contributed by atoms with E-state index in [1.807, 2.05) is 0 Å². The largest absolute Gasteiger partial charge is 0.167 e. The molecule has 0 bridgehead atoms. The maximum atomic E-state index is 6.28. The molecule has 0 aromatic carbocycles. The van der Waals surface area contributed by atoms with Crippen molar-refractivity contribution >= 4 is 18.5 Å². The first-order valence-electron chi connectivity index (χ1n) is 3.79. The van der Waals surface area contributed by atoms with Crippen molar-refractivity contribution < 1.29 is 0 Å². The summed E-state index contributed by atoms with van der Waals surface area (Å²) in [5.41, 5.74) is 0.916. The molecule has 2 heteroatoms. The Morgan fingerprint density at radius 3 is 1.89 bits per heavy atom. The molecule has 9 heavy (non-hydrogen) atoms. The van der Waals surface area contributed by atoms with E-state index in [1.54, 1.807) is 0 Å². The maximum absolute atomic E-state index is 6.28. The van der Waals surface area contributed by atoms with Crippen LogP contribution in [-0.2, 0) is 0 Å². The number of hydrogen-bond donors (Lipinski definition) is 0. The highest BCUT2D eigenvalue weighted by atomic mass is 35.6. The van der Waals surface area contributed by atoms with Gasteiger partial charge in [-0.3, -0.25) is 0 Å². The minimum absolute atomic E-state index is 0.916. The van der Waals surface area contributed by atoms with Gasteiger partial charge in [0.15, 0.2) is 7.38 Å². The molecule has 0 atom stereocenters. The van der Waals surface area contributed by atoms with Crippen molar-refractivity contribution in [2.24, 2.45) is 0 Å². The molecule has 1 rings (SSSR count). The molecule has 0 unspecified atom stereocenters. The minimum Gasteiger partial charge on any atom is -0.167 e. The second-order valence-corrected chi connectivity index (χ2v) is 10.4. The van der Waals surface area contributed by atoms with Crippen molar-refractivity contribution in [2.75, 3.05) is 0 Å². The summed E-state index contributed by atoms with van der Waals surface area (Å²) in [7, 11) is -1.25. The topological polar surface area (TPSA) is 0 Å². The fraction of sp³-hybridized carbons (Fsp3) is 1.00. The Balaban J connectivity index is 2.42. The lowest BCUT2D eigenvalue weighted by molar-refractivity contribution is 0.851. The molecule has 0 spiro atoms. The van der Waals surface area contributed by atoms with Crippen LogP contribution in [0.4, 0.5) is 0 Å². The molecule has 0 heterocycles. The van der Waals surface area contributed by atoms with Crippen molar-refractivity contribution in [1.29, 1.82) is 0 Å². The van der Waals surface area contributed by atoms with E-state index in [4.69, 9.17) is 11.1 Å². The van der Waals surface area contributed by atoms with Gasteiger partial charge in [0.2, 0.25) is 0 Å². The molecule has 0 aromatic heterocycles. The van der Waals surface area contributed by atoms with E-state index in [0.717, 1.165) is 5.54 Å². The third kappa shape index (κ3) is 1.97. The molecule has 0 nitrogen and oxygen atoms in total. The van der Waals surface area contributed by atoms with Crippen LogP contribution in [-0.4, -0.2) is 7.38 Å². The molecule has 0 aliphatic heterocycles. The zero-order valence-electron chi connectivity index (χ0n) is 6.28. The van der Waals surface area contributed by atoms with Crippen molar-refractivity contribution in [1.82, 2.24) is 0 Å². The quantitative estimate of drug-likeness (QED) is 0.410. The van der Waals surface area contributed by atoms with Crippen molar-refractivity contribution in [3.8, 4) is 0 Å². The second-order valence-electron chi connectivity index (χ2n) is 3.55. The van der Waals surface area contributed by atoms with Crippen LogP contribution < -0.4 is 0 Å². The molecule has 0 aromatic rings. The minimum atomic E-state index is -1.25. The third-order valence-corrected chi connectivity index (χ3v) is 5.77. The van der Waals surface area contributed by atoms with E-state index < -0.39 is 7.38 Å². The fourth-order valence-electron chi connectivity index (χ4n) is 1.61. The van der Waals surface area contributed by atoms with Crippen LogP contribution in [0, 0.1) is 0 Å². The van der Waals surface area contributed by atoms with E-state index in [9.17, 15) is 0 Å². The predicted octanol–water partition coefficient (Wildman–Crippen LogP) is 3.37. The van der Waals surface area contributed by atoms with Crippen LogP contribution in [0.1, 0.15) is 25.7 Å². The van der Waals surface area contributed by atoms with Gasteiger partial charge in [0.25, 0.3) is 0 Å². The lowest BCUT2D eigenvalue weighted by atomic mass is 10.4. The maximum Gasteiger partial charge on any atom is 0.153 e. The SMILES string of the molecule is C[Si](C)(Cl)C1CCCC1. The summed E-state index contributed by atoms with van der Waals surface area (Å²) in [6.07, 6.45) is 5.66. The van der Waals surface area contributed by atoms with Gasteiger partial charge < -0.3 is 0 Å². The highest BCUT2D eigenvalue weighted by Crippen LogP contribution is 2.40. The van der Waals surface area contributed by atoms with Crippen molar-refractivity contribution in [3.63, 3.8) is 0 Å². The Morgan fingerprint density at radius 1 is 1.22 bits per heavy atom.